The second-order valence-corrected chi connectivity index (χ2v) is 9.71. The van der Waals surface area contributed by atoms with Gasteiger partial charge in [0, 0.05) is 11.9 Å². The van der Waals surface area contributed by atoms with E-state index >= 15 is 0 Å². The first kappa shape index (κ1) is 22.1. The zero-order valence-electron chi connectivity index (χ0n) is 20.2. The van der Waals surface area contributed by atoms with Crippen LogP contribution in [-0.4, -0.2) is 69.2 Å². The number of hydrogen-bond acceptors (Lipinski definition) is 7. The van der Waals surface area contributed by atoms with Crippen molar-refractivity contribution in [1.82, 2.24) is 14.7 Å². The maximum atomic E-state index is 13.2. The molecule has 1 aromatic carbocycles. The zero-order chi connectivity index (χ0) is 24.6. The third kappa shape index (κ3) is 5.18. The summed E-state index contributed by atoms with van der Waals surface area (Å²) in [6.45, 7) is 10.7. The van der Waals surface area contributed by atoms with Gasteiger partial charge in [0.25, 0.3) is 0 Å². The molecule has 1 aliphatic heterocycles. The molecule has 2 aromatic rings. The highest BCUT2D eigenvalue weighted by Crippen LogP contribution is 2.27. The topological polar surface area (TPSA) is 123 Å². The molecule has 174 valence electrons. The van der Waals surface area contributed by atoms with Crippen LogP contribution >= 0.6 is 0 Å². The molecule has 0 radical (unpaired) electrons. The minimum absolute atomic E-state index is 0.220. The van der Waals surface area contributed by atoms with Crippen LogP contribution in [0.4, 0.5) is 15.3 Å². The average Bonchev–Trinajstić information content (AvgIpc) is 3.30. The fraction of sp³-hybridized carbons (Fsp3) is 0.545. The molecule has 0 unspecified atom stereocenters. The van der Waals surface area contributed by atoms with E-state index in [1.54, 1.807) is 59.7 Å². The number of ether oxygens (including phenoxy) is 2. The van der Waals surface area contributed by atoms with Gasteiger partial charge in [-0.3, -0.25) is 9.69 Å². The third-order valence-electron chi connectivity index (χ3n) is 4.68. The Bertz CT molecular complexity index is 1060. The number of nitrogens with zero attached hydrogens (tertiary/aromatic N) is 3. The molecule has 2 heterocycles. The highest BCUT2D eigenvalue weighted by atomic mass is 16.6. The van der Waals surface area contributed by atoms with Crippen molar-refractivity contribution in [2.24, 2.45) is 0 Å². The average molecular weight is 448 g/mol. The van der Waals surface area contributed by atoms with Gasteiger partial charge in [-0.15, -0.1) is 0 Å². The number of aliphatic hydroxyl groups excluding tert-OH is 1. The fourth-order valence-electron chi connectivity index (χ4n) is 3.42. The van der Waals surface area contributed by atoms with Crippen LogP contribution in [0, 0.1) is 0 Å². The lowest BCUT2D eigenvalue weighted by Crippen LogP contribution is -2.49. The number of amides is 2. The highest BCUT2D eigenvalue weighted by molar-refractivity contribution is 6.05. The number of aromatic nitrogens is 2. The second kappa shape index (κ2) is 8.42. The quantitative estimate of drug-likeness (QED) is 0.741. The zero-order valence-corrected chi connectivity index (χ0v) is 19.2. The SMILES string of the molecule is [2H]O[C@H]1CCN(C(=O)OC(C)(C)C)[C@@H]1C(=O)Nc1cccc2c1cnn2C(=O)OC(C)(C)C. The van der Waals surface area contributed by atoms with Crippen LogP contribution in [0.3, 0.4) is 0 Å². The number of aliphatic hydroxyl groups is 1. The number of carbonyl (C=O) groups is 3. The molecule has 0 aliphatic carbocycles. The summed E-state index contributed by atoms with van der Waals surface area (Å²) in [7, 11) is 0. The number of fused-ring (bicyclic) bond motifs is 1. The van der Waals surface area contributed by atoms with Crippen LogP contribution < -0.4 is 5.32 Å². The van der Waals surface area contributed by atoms with Gasteiger partial charge in [0.1, 0.15) is 17.2 Å². The maximum Gasteiger partial charge on any atom is 0.435 e. The summed E-state index contributed by atoms with van der Waals surface area (Å²) >= 11 is 0. The Morgan fingerprint density at radius 3 is 2.41 bits per heavy atom. The molecule has 10 heteroatoms. The number of nitrogens with one attached hydrogen (secondary N) is 1. The first-order valence-electron chi connectivity index (χ1n) is 10.8. The van der Waals surface area contributed by atoms with Crippen molar-refractivity contribution in [1.29, 1.82) is 1.43 Å². The summed E-state index contributed by atoms with van der Waals surface area (Å²) in [5.41, 5.74) is -0.585. The van der Waals surface area contributed by atoms with Crippen LogP contribution in [0.5, 0.6) is 0 Å². The molecular weight excluding hydrogens is 416 g/mol. The van der Waals surface area contributed by atoms with E-state index in [0.717, 1.165) is 4.68 Å². The second-order valence-electron chi connectivity index (χ2n) is 9.71. The minimum Gasteiger partial charge on any atom is -0.444 e. The molecule has 0 spiro atoms. The van der Waals surface area contributed by atoms with Crippen molar-refractivity contribution in [2.75, 3.05) is 11.9 Å². The lowest BCUT2D eigenvalue weighted by Gasteiger charge is -2.28. The summed E-state index contributed by atoms with van der Waals surface area (Å²) in [6.07, 6.45) is -0.329. The van der Waals surface area contributed by atoms with Gasteiger partial charge in [-0.1, -0.05) is 6.07 Å². The summed E-state index contributed by atoms with van der Waals surface area (Å²) in [4.78, 5) is 39.6. The van der Waals surface area contributed by atoms with Crippen LogP contribution in [0.2, 0.25) is 0 Å². The Balaban J connectivity index is 1.86. The largest absolute Gasteiger partial charge is 0.444 e. The van der Waals surface area contributed by atoms with Crippen molar-refractivity contribution in [3.8, 4) is 0 Å². The van der Waals surface area contributed by atoms with Crippen LogP contribution in [0.1, 0.15) is 48.0 Å². The van der Waals surface area contributed by atoms with Crippen molar-refractivity contribution in [2.45, 2.75) is 71.3 Å². The van der Waals surface area contributed by atoms with Gasteiger partial charge < -0.3 is 19.9 Å². The molecule has 1 aromatic heterocycles. The summed E-state index contributed by atoms with van der Waals surface area (Å²) < 4.78 is 19.3. The molecule has 0 bridgehead atoms. The van der Waals surface area contributed by atoms with Gasteiger partial charge in [0.05, 0.1) is 23.5 Å². The summed E-state index contributed by atoms with van der Waals surface area (Å²) in [6, 6.07) is 3.96. The molecule has 0 saturated carbocycles. The molecule has 2 amide bonds. The molecule has 2 N–H and O–H groups in total. The standard InChI is InChI=1S/C22H30N4O6/c1-21(2,3)31-19(29)25-11-10-16(27)17(25)18(28)24-14-8-7-9-15-13(14)12-23-26(15)20(30)32-22(4,5)6/h7-9,12,16-17,27H,10-11H2,1-6H3,(H,24,28)/t16-,17-/m0/s1/i27D. The highest BCUT2D eigenvalue weighted by Gasteiger charge is 2.43. The van der Waals surface area contributed by atoms with E-state index in [-0.39, 0.29) is 6.54 Å². The Kier molecular flexibility index (Phi) is 5.81. The van der Waals surface area contributed by atoms with Crippen molar-refractivity contribution >= 4 is 34.7 Å². The molecule has 1 aliphatic rings. The predicted molar refractivity (Wildman–Crippen MR) is 117 cm³/mol. The Morgan fingerprint density at radius 2 is 1.78 bits per heavy atom. The number of rotatable bonds is 3. The van der Waals surface area contributed by atoms with Crippen molar-refractivity contribution < 1.29 is 29.0 Å². The molecule has 10 nitrogen and oxygen atoms in total. The van der Waals surface area contributed by atoms with Crippen LogP contribution in [0.15, 0.2) is 24.4 Å². The first-order valence-corrected chi connectivity index (χ1v) is 10.4. The lowest BCUT2D eigenvalue weighted by molar-refractivity contribution is -0.122. The maximum absolute atomic E-state index is 13.2. The molecule has 3 rings (SSSR count). The van der Waals surface area contributed by atoms with Gasteiger partial charge in [-0.2, -0.15) is 9.78 Å². The van der Waals surface area contributed by atoms with E-state index in [1.807, 2.05) is 0 Å². The molecule has 2 atom stereocenters. The number of anilines is 1. The third-order valence-corrected chi connectivity index (χ3v) is 4.68. The minimum atomic E-state index is -1.05. The van der Waals surface area contributed by atoms with Gasteiger partial charge in [0.15, 0.2) is 0 Å². The van der Waals surface area contributed by atoms with E-state index in [4.69, 9.17) is 16.0 Å². The van der Waals surface area contributed by atoms with Gasteiger partial charge >= 0.3 is 12.2 Å². The number of benzene rings is 1. The van der Waals surface area contributed by atoms with Gasteiger partial charge in [-0.25, -0.2) is 9.59 Å². The van der Waals surface area contributed by atoms with E-state index in [9.17, 15) is 14.4 Å². The number of likely N-dealkylation sites (tertiary alicyclic amines) is 1. The predicted octanol–water partition coefficient (Wildman–Crippen LogP) is 3.13. The van der Waals surface area contributed by atoms with Crippen LogP contribution in [-0.2, 0) is 14.3 Å². The smallest absolute Gasteiger partial charge is 0.435 e. The molecule has 32 heavy (non-hydrogen) atoms. The monoisotopic (exact) mass is 447 g/mol. The normalized spacial score (nSPS) is 19.6. The van der Waals surface area contributed by atoms with E-state index < -0.39 is 41.4 Å². The fourth-order valence-corrected chi connectivity index (χ4v) is 3.42. The van der Waals surface area contributed by atoms with Crippen LogP contribution in [0.25, 0.3) is 10.9 Å². The first-order chi connectivity index (χ1) is 15.3. The summed E-state index contributed by atoms with van der Waals surface area (Å²) in [5.74, 6) is -0.534. The van der Waals surface area contributed by atoms with E-state index in [1.165, 1.54) is 11.1 Å². The summed E-state index contributed by atoms with van der Waals surface area (Å²) in [5, 5.41) is 12.1. The van der Waals surface area contributed by atoms with Crippen molar-refractivity contribution in [3.63, 3.8) is 0 Å². The van der Waals surface area contributed by atoms with E-state index in [2.05, 4.69) is 10.4 Å². The lowest BCUT2D eigenvalue weighted by atomic mass is 10.1. The molecule has 1 fully saturated rings. The van der Waals surface area contributed by atoms with Gasteiger partial charge in [0.2, 0.25) is 7.34 Å². The van der Waals surface area contributed by atoms with Gasteiger partial charge in [-0.05, 0) is 60.1 Å². The Morgan fingerprint density at radius 1 is 1.12 bits per heavy atom. The molecular formula is C22H30N4O6. The number of carbonyl (C=O) groups excluding carboxylic acids is 3. The Labute approximate surface area is 187 Å². The van der Waals surface area contributed by atoms with Crippen molar-refractivity contribution in [3.05, 3.63) is 24.4 Å². The Hall–Kier alpha value is -3.14. The number of hydrogen-bond donors (Lipinski definition) is 2. The van der Waals surface area contributed by atoms with E-state index in [0.29, 0.717) is 23.0 Å². The molecule has 1 saturated heterocycles.